The zero-order valence-corrected chi connectivity index (χ0v) is 14.5. The predicted molar refractivity (Wildman–Crippen MR) is 90.6 cm³/mol. The number of halogens is 1. The average molecular weight is 339 g/mol. The van der Waals surface area contributed by atoms with Crippen LogP contribution in [0.1, 0.15) is 33.6 Å². The van der Waals surface area contributed by atoms with E-state index < -0.39 is 5.60 Å². The first-order valence-electron chi connectivity index (χ1n) is 7.76. The van der Waals surface area contributed by atoms with Gasteiger partial charge in [0.1, 0.15) is 5.60 Å². The Hall–Kier alpha value is -1.75. The summed E-state index contributed by atoms with van der Waals surface area (Å²) in [4.78, 5) is 25.8. The molecule has 1 fully saturated rings. The van der Waals surface area contributed by atoms with Crippen molar-refractivity contribution in [3.8, 4) is 0 Å². The first-order valence-corrected chi connectivity index (χ1v) is 8.14. The lowest BCUT2D eigenvalue weighted by atomic mass is 10.0. The molecule has 0 aromatic heterocycles. The molecule has 1 saturated heterocycles. The van der Waals surface area contributed by atoms with Gasteiger partial charge < -0.3 is 15.0 Å². The first-order chi connectivity index (χ1) is 10.7. The van der Waals surface area contributed by atoms with E-state index in [1.807, 2.05) is 20.8 Å². The molecule has 6 heteroatoms. The van der Waals surface area contributed by atoms with Crippen LogP contribution in [0.2, 0.25) is 5.02 Å². The molecule has 0 saturated carbocycles. The van der Waals surface area contributed by atoms with Gasteiger partial charge in [0.25, 0.3) is 0 Å². The molecular formula is C17H23ClN2O3. The maximum absolute atomic E-state index is 12.1. The van der Waals surface area contributed by atoms with Crippen LogP contribution in [-0.4, -0.2) is 35.6 Å². The fourth-order valence-electron chi connectivity index (χ4n) is 2.50. The van der Waals surface area contributed by atoms with Crippen molar-refractivity contribution in [2.75, 3.05) is 18.4 Å². The number of rotatable bonds is 3. The predicted octanol–water partition coefficient (Wildman–Crippen LogP) is 3.93. The van der Waals surface area contributed by atoms with Crippen LogP contribution in [-0.2, 0) is 9.53 Å². The van der Waals surface area contributed by atoms with Crippen molar-refractivity contribution in [1.29, 1.82) is 0 Å². The van der Waals surface area contributed by atoms with Gasteiger partial charge in [-0.2, -0.15) is 0 Å². The molecule has 1 aliphatic rings. The molecule has 1 aromatic carbocycles. The lowest BCUT2D eigenvalue weighted by Gasteiger charge is -2.24. The minimum atomic E-state index is -0.499. The van der Waals surface area contributed by atoms with E-state index in [1.165, 1.54) is 0 Å². The third-order valence-electron chi connectivity index (χ3n) is 3.54. The van der Waals surface area contributed by atoms with Crippen LogP contribution >= 0.6 is 11.6 Å². The summed E-state index contributed by atoms with van der Waals surface area (Å²) in [5, 5.41) is 3.48. The van der Waals surface area contributed by atoms with Crippen molar-refractivity contribution in [3.63, 3.8) is 0 Å². The molecule has 0 aliphatic carbocycles. The fraction of sp³-hybridized carbons (Fsp3) is 0.529. The molecule has 1 unspecified atom stereocenters. The topological polar surface area (TPSA) is 58.6 Å². The van der Waals surface area contributed by atoms with Crippen LogP contribution in [0.25, 0.3) is 0 Å². The number of benzene rings is 1. The van der Waals surface area contributed by atoms with Crippen molar-refractivity contribution in [3.05, 3.63) is 29.3 Å². The van der Waals surface area contributed by atoms with Crippen molar-refractivity contribution in [2.24, 2.45) is 5.92 Å². The van der Waals surface area contributed by atoms with E-state index in [9.17, 15) is 9.59 Å². The number of likely N-dealkylation sites (tertiary alicyclic amines) is 1. The third-order valence-corrected chi connectivity index (χ3v) is 3.79. The van der Waals surface area contributed by atoms with E-state index in [1.54, 1.807) is 29.2 Å². The monoisotopic (exact) mass is 338 g/mol. The molecule has 2 amide bonds. The highest BCUT2D eigenvalue weighted by molar-refractivity contribution is 6.30. The van der Waals surface area contributed by atoms with Crippen molar-refractivity contribution < 1.29 is 14.3 Å². The Balaban J connectivity index is 1.79. The number of ether oxygens (including phenoxy) is 1. The minimum Gasteiger partial charge on any atom is -0.444 e. The van der Waals surface area contributed by atoms with Crippen LogP contribution < -0.4 is 5.32 Å². The van der Waals surface area contributed by atoms with Gasteiger partial charge in [-0.1, -0.05) is 11.6 Å². The minimum absolute atomic E-state index is 0.0524. The fourth-order valence-corrected chi connectivity index (χ4v) is 2.62. The standard InChI is InChI=1S/C17H23ClN2O3/c1-17(2,3)23-16(22)20-9-8-12(11-20)10-15(21)19-14-6-4-13(18)5-7-14/h4-7,12H,8-11H2,1-3H3,(H,19,21). The van der Waals surface area contributed by atoms with Gasteiger partial charge in [0.05, 0.1) is 0 Å². The summed E-state index contributed by atoms with van der Waals surface area (Å²) in [6.45, 7) is 6.73. The quantitative estimate of drug-likeness (QED) is 0.908. The lowest BCUT2D eigenvalue weighted by Crippen LogP contribution is -2.35. The molecule has 0 spiro atoms. The molecule has 1 aliphatic heterocycles. The zero-order chi connectivity index (χ0) is 17.0. The number of anilines is 1. The Morgan fingerprint density at radius 3 is 2.57 bits per heavy atom. The normalized spacial score (nSPS) is 17.9. The number of nitrogens with zero attached hydrogens (tertiary/aromatic N) is 1. The highest BCUT2D eigenvalue weighted by Gasteiger charge is 2.30. The molecule has 1 aromatic rings. The van der Waals surface area contributed by atoms with Gasteiger partial charge in [0.15, 0.2) is 0 Å². The summed E-state index contributed by atoms with van der Waals surface area (Å²) in [6.07, 6.45) is 0.896. The molecular weight excluding hydrogens is 316 g/mol. The van der Waals surface area contributed by atoms with Gasteiger partial charge in [-0.05, 0) is 57.4 Å². The van der Waals surface area contributed by atoms with Crippen LogP contribution in [0.4, 0.5) is 10.5 Å². The van der Waals surface area contributed by atoms with Gasteiger partial charge in [-0.15, -0.1) is 0 Å². The SMILES string of the molecule is CC(C)(C)OC(=O)N1CCC(CC(=O)Nc2ccc(Cl)cc2)C1. The molecule has 0 radical (unpaired) electrons. The first kappa shape index (κ1) is 17.6. The number of amides is 2. The second-order valence-electron chi connectivity index (χ2n) is 6.84. The van der Waals surface area contributed by atoms with Crippen LogP contribution in [0, 0.1) is 5.92 Å². The average Bonchev–Trinajstić information content (AvgIpc) is 2.88. The van der Waals surface area contributed by atoms with Gasteiger partial charge in [-0.25, -0.2) is 4.79 Å². The van der Waals surface area contributed by atoms with Crippen molar-refractivity contribution >= 4 is 29.3 Å². The maximum atomic E-state index is 12.1. The maximum Gasteiger partial charge on any atom is 0.410 e. The molecule has 2 rings (SSSR count). The lowest BCUT2D eigenvalue weighted by molar-refractivity contribution is -0.117. The molecule has 1 heterocycles. The van der Waals surface area contributed by atoms with Gasteiger partial charge in [-0.3, -0.25) is 4.79 Å². The summed E-state index contributed by atoms with van der Waals surface area (Å²) in [5.41, 5.74) is 0.225. The number of hydrogen-bond donors (Lipinski definition) is 1. The Morgan fingerprint density at radius 2 is 1.96 bits per heavy atom. The highest BCUT2D eigenvalue weighted by Crippen LogP contribution is 2.23. The Morgan fingerprint density at radius 1 is 1.30 bits per heavy atom. The highest BCUT2D eigenvalue weighted by atomic mass is 35.5. The zero-order valence-electron chi connectivity index (χ0n) is 13.8. The molecule has 1 N–H and O–H groups in total. The number of hydrogen-bond acceptors (Lipinski definition) is 3. The van der Waals surface area contributed by atoms with Crippen LogP contribution in [0.15, 0.2) is 24.3 Å². The Kier molecular flexibility index (Phi) is 5.52. The molecule has 0 bridgehead atoms. The Bertz CT molecular complexity index is 566. The number of nitrogens with one attached hydrogen (secondary N) is 1. The van der Waals surface area contributed by atoms with E-state index in [4.69, 9.17) is 16.3 Å². The van der Waals surface area contributed by atoms with Gasteiger partial charge >= 0.3 is 6.09 Å². The molecule has 1 atom stereocenters. The smallest absolute Gasteiger partial charge is 0.410 e. The summed E-state index contributed by atoms with van der Waals surface area (Å²) < 4.78 is 5.36. The number of carbonyl (C=O) groups is 2. The van der Waals surface area contributed by atoms with Crippen molar-refractivity contribution in [1.82, 2.24) is 4.90 Å². The summed E-state index contributed by atoms with van der Waals surface area (Å²) >= 11 is 5.82. The number of carbonyl (C=O) groups excluding carboxylic acids is 2. The second kappa shape index (κ2) is 7.21. The van der Waals surface area contributed by atoms with Crippen LogP contribution in [0.3, 0.4) is 0 Å². The second-order valence-corrected chi connectivity index (χ2v) is 7.28. The van der Waals surface area contributed by atoms with Gasteiger partial charge in [0, 0.05) is 30.2 Å². The van der Waals surface area contributed by atoms with Gasteiger partial charge in [0.2, 0.25) is 5.91 Å². The largest absolute Gasteiger partial charge is 0.444 e. The van der Waals surface area contributed by atoms with E-state index in [2.05, 4.69) is 5.32 Å². The van der Waals surface area contributed by atoms with Crippen LogP contribution in [0.5, 0.6) is 0 Å². The van der Waals surface area contributed by atoms with Crippen molar-refractivity contribution in [2.45, 2.75) is 39.2 Å². The Labute approximate surface area is 141 Å². The van der Waals surface area contributed by atoms with E-state index >= 15 is 0 Å². The van der Waals surface area contributed by atoms with E-state index in [-0.39, 0.29) is 17.9 Å². The van der Waals surface area contributed by atoms with E-state index in [0.29, 0.717) is 24.5 Å². The summed E-state index contributed by atoms with van der Waals surface area (Å²) in [7, 11) is 0. The molecule has 126 valence electrons. The third kappa shape index (κ3) is 5.75. The summed E-state index contributed by atoms with van der Waals surface area (Å²) in [6, 6.07) is 7.00. The molecule has 5 nitrogen and oxygen atoms in total. The summed E-state index contributed by atoms with van der Waals surface area (Å²) in [5.74, 6) is 0.109. The van der Waals surface area contributed by atoms with E-state index in [0.717, 1.165) is 12.1 Å². The molecule has 23 heavy (non-hydrogen) atoms.